The number of nitrogens with one attached hydrogen (secondary N) is 1. The normalized spacial score (nSPS) is 12.5. The molecule has 84 valence electrons. The molecular formula is C12H19NO2. The number of ether oxygens (including phenoxy) is 1. The standard InChI is InChI=1S/C12H19NO2/c1-3-15-12-6-4-10(5-7-12)8-11(14)9-13-2/h4-7,11,13-14H,3,8-9H2,1-2H3. The first-order valence-electron chi connectivity index (χ1n) is 5.30. The second-order valence-corrected chi connectivity index (χ2v) is 3.49. The van der Waals surface area contributed by atoms with E-state index in [1.807, 2.05) is 38.2 Å². The van der Waals surface area contributed by atoms with Crippen LogP contribution in [0.3, 0.4) is 0 Å². The molecule has 0 aliphatic carbocycles. The summed E-state index contributed by atoms with van der Waals surface area (Å²) in [6.45, 7) is 3.26. The van der Waals surface area contributed by atoms with Gasteiger partial charge in [-0.3, -0.25) is 0 Å². The Hall–Kier alpha value is -1.06. The molecule has 0 spiro atoms. The third-order valence-electron chi connectivity index (χ3n) is 2.15. The molecule has 0 aromatic heterocycles. The number of aliphatic hydroxyl groups is 1. The summed E-state index contributed by atoms with van der Waals surface area (Å²) >= 11 is 0. The average Bonchev–Trinajstić information content (AvgIpc) is 2.22. The molecule has 3 nitrogen and oxygen atoms in total. The summed E-state index contributed by atoms with van der Waals surface area (Å²) < 4.78 is 5.34. The molecule has 0 radical (unpaired) electrons. The summed E-state index contributed by atoms with van der Waals surface area (Å²) in [5.74, 6) is 0.879. The predicted octanol–water partition coefficient (Wildman–Crippen LogP) is 1.21. The van der Waals surface area contributed by atoms with E-state index in [0.29, 0.717) is 19.6 Å². The Morgan fingerprint density at radius 2 is 2.00 bits per heavy atom. The number of aliphatic hydroxyl groups excluding tert-OH is 1. The highest BCUT2D eigenvalue weighted by Crippen LogP contribution is 2.13. The summed E-state index contributed by atoms with van der Waals surface area (Å²) in [7, 11) is 1.83. The fourth-order valence-electron chi connectivity index (χ4n) is 1.47. The van der Waals surface area contributed by atoms with Crippen molar-refractivity contribution < 1.29 is 9.84 Å². The van der Waals surface area contributed by atoms with Gasteiger partial charge in [-0.25, -0.2) is 0 Å². The van der Waals surface area contributed by atoms with E-state index in [1.165, 1.54) is 0 Å². The van der Waals surface area contributed by atoms with Gasteiger partial charge < -0.3 is 15.2 Å². The van der Waals surface area contributed by atoms with Gasteiger partial charge in [0.1, 0.15) is 5.75 Å². The molecule has 0 aliphatic heterocycles. The maximum absolute atomic E-state index is 9.58. The molecule has 0 aliphatic rings. The second kappa shape index (κ2) is 6.43. The fourth-order valence-corrected chi connectivity index (χ4v) is 1.47. The van der Waals surface area contributed by atoms with Gasteiger partial charge in [-0.05, 0) is 38.1 Å². The maximum atomic E-state index is 9.58. The number of benzene rings is 1. The first-order valence-corrected chi connectivity index (χ1v) is 5.30. The molecular weight excluding hydrogens is 190 g/mol. The summed E-state index contributed by atoms with van der Waals surface area (Å²) in [5.41, 5.74) is 1.13. The monoisotopic (exact) mass is 209 g/mol. The molecule has 0 amide bonds. The van der Waals surface area contributed by atoms with Crippen LogP contribution >= 0.6 is 0 Å². The van der Waals surface area contributed by atoms with Crippen LogP contribution in [0.1, 0.15) is 12.5 Å². The van der Waals surface area contributed by atoms with Crippen molar-refractivity contribution in [2.24, 2.45) is 0 Å². The van der Waals surface area contributed by atoms with Crippen molar-refractivity contribution in [2.75, 3.05) is 20.2 Å². The molecule has 1 atom stereocenters. The minimum atomic E-state index is -0.326. The van der Waals surface area contributed by atoms with Gasteiger partial charge >= 0.3 is 0 Å². The van der Waals surface area contributed by atoms with E-state index < -0.39 is 0 Å². The van der Waals surface area contributed by atoms with E-state index >= 15 is 0 Å². The summed E-state index contributed by atoms with van der Waals surface area (Å²) in [4.78, 5) is 0. The van der Waals surface area contributed by atoms with Gasteiger partial charge in [0.05, 0.1) is 12.7 Å². The zero-order valence-corrected chi connectivity index (χ0v) is 9.36. The smallest absolute Gasteiger partial charge is 0.119 e. The van der Waals surface area contributed by atoms with Crippen LogP contribution in [-0.2, 0) is 6.42 Å². The van der Waals surface area contributed by atoms with E-state index in [-0.39, 0.29) is 6.10 Å². The molecule has 1 aromatic carbocycles. The third kappa shape index (κ3) is 4.32. The first-order chi connectivity index (χ1) is 7.26. The first kappa shape index (κ1) is 12.0. The highest BCUT2D eigenvalue weighted by molar-refractivity contribution is 5.27. The largest absolute Gasteiger partial charge is 0.494 e. The Kier molecular flexibility index (Phi) is 5.15. The molecule has 0 bridgehead atoms. The second-order valence-electron chi connectivity index (χ2n) is 3.49. The van der Waals surface area contributed by atoms with Crippen molar-refractivity contribution in [3.05, 3.63) is 29.8 Å². The van der Waals surface area contributed by atoms with E-state index in [1.54, 1.807) is 0 Å². The van der Waals surface area contributed by atoms with E-state index in [9.17, 15) is 5.11 Å². The Labute approximate surface area is 91.1 Å². The molecule has 0 saturated carbocycles. The van der Waals surface area contributed by atoms with Gasteiger partial charge in [0.25, 0.3) is 0 Å². The molecule has 1 unspecified atom stereocenters. The highest BCUT2D eigenvalue weighted by Gasteiger charge is 2.03. The highest BCUT2D eigenvalue weighted by atomic mass is 16.5. The zero-order valence-electron chi connectivity index (χ0n) is 9.36. The predicted molar refractivity (Wildman–Crippen MR) is 61.2 cm³/mol. The lowest BCUT2D eigenvalue weighted by Gasteiger charge is -2.10. The lowest BCUT2D eigenvalue weighted by molar-refractivity contribution is 0.175. The number of hydrogen-bond donors (Lipinski definition) is 2. The van der Waals surface area contributed by atoms with Crippen LogP contribution in [0.4, 0.5) is 0 Å². The molecule has 1 aromatic rings. The summed E-state index contributed by atoms with van der Waals surface area (Å²) in [6, 6.07) is 7.85. The van der Waals surface area contributed by atoms with Gasteiger partial charge in [-0.1, -0.05) is 12.1 Å². The fraction of sp³-hybridized carbons (Fsp3) is 0.500. The van der Waals surface area contributed by atoms with Gasteiger partial charge in [0.2, 0.25) is 0 Å². The van der Waals surface area contributed by atoms with Crippen LogP contribution in [0.5, 0.6) is 5.75 Å². The summed E-state index contributed by atoms with van der Waals surface area (Å²) in [5, 5.41) is 12.5. The van der Waals surface area contributed by atoms with Crippen LogP contribution in [0.25, 0.3) is 0 Å². The minimum Gasteiger partial charge on any atom is -0.494 e. The lowest BCUT2D eigenvalue weighted by atomic mass is 10.1. The van der Waals surface area contributed by atoms with Crippen molar-refractivity contribution in [2.45, 2.75) is 19.4 Å². The van der Waals surface area contributed by atoms with Crippen molar-refractivity contribution >= 4 is 0 Å². The number of hydrogen-bond acceptors (Lipinski definition) is 3. The molecule has 15 heavy (non-hydrogen) atoms. The van der Waals surface area contributed by atoms with E-state index in [2.05, 4.69) is 5.32 Å². The summed E-state index contributed by atoms with van der Waals surface area (Å²) in [6.07, 6.45) is 0.348. The lowest BCUT2D eigenvalue weighted by Crippen LogP contribution is -2.25. The van der Waals surface area contributed by atoms with Crippen LogP contribution in [-0.4, -0.2) is 31.4 Å². The Bertz CT molecular complexity index is 271. The molecule has 0 heterocycles. The SMILES string of the molecule is CCOc1ccc(CC(O)CNC)cc1. The average molecular weight is 209 g/mol. The zero-order chi connectivity index (χ0) is 11.1. The number of rotatable bonds is 6. The maximum Gasteiger partial charge on any atom is 0.119 e. The van der Waals surface area contributed by atoms with Crippen LogP contribution in [0.15, 0.2) is 24.3 Å². The van der Waals surface area contributed by atoms with Crippen LogP contribution in [0, 0.1) is 0 Å². The molecule has 0 saturated heterocycles. The van der Waals surface area contributed by atoms with E-state index in [4.69, 9.17) is 4.74 Å². The van der Waals surface area contributed by atoms with E-state index in [0.717, 1.165) is 11.3 Å². The van der Waals surface area contributed by atoms with Crippen molar-refractivity contribution in [1.82, 2.24) is 5.32 Å². The topological polar surface area (TPSA) is 41.5 Å². The molecule has 0 fully saturated rings. The van der Waals surface area contributed by atoms with Gasteiger partial charge in [0, 0.05) is 6.54 Å². The van der Waals surface area contributed by atoms with Gasteiger partial charge in [0.15, 0.2) is 0 Å². The minimum absolute atomic E-state index is 0.326. The Balaban J connectivity index is 2.48. The van der Waals surface area contributed by atoms with Gasteiger partial charge in [-0.2, -0.15) is 0 Å². The Morgan fingerprint density at radius 3 is 2.53 bits per heavy atom. The molecule has 2 N–H and O–H groups in total. The molecule has 1 rings (SSSR count). The molecule has 3 heteroatoms. The van der Waals surface area contributed by atoms with Gasteiger partial charge in [-0.15, -0.1) is 0 Å². The van der Waals surface area contributed by atoms with Crippen LogP contribution in [0.2, 0.25) is 0 Å². The van der Waals surface area contributed by atoms with Crippen molar-refractivity contribution in [1.29, 1.82) is 0 Å². The third-order valence-corrected chi connectivity index (χ3v) is 2.15. The van der Waals surface area contributed by atoms with Crippen molar-refractivity contribution in [3.8, 4) is 5.75 Å². The van der Waals surface area contributed by atoms with Crippen LogP contribution < -0.4 is 10.1 Å². The quantitative estimate of drug-likeness (QED) is 0.740. The van der Waals surface area contributed by atoms with Crippen molar-refractivity contribution in [3.63, 3.8) is 0 Å². The number of likely N-dealkylation sites (N-methyl/N-ethyl adjacent to an activating group) is 1. The Morgan fingerprint density at radius 1 is 1.33 bits per heavy atom.